The van der Waals surface area contributed by atoms with Gasteiger partial charge in [0.2, 0.25) is 5.82 Å². The average Bonchev–Trinajstić information content (AvgIpc) is 3.16. The molecule has 0 aliphatic carbocycles. The number of aryl methyl sites for hydroxylation is 1. The van der Waals surface area contributed by atoms with Crippen molar-refractivity contribution in [1.29, 1.82) is 5.26 Å². The van der Waals surface area contributed by atoms with E-state index in [1.165, 1.54) is 0 Å². The fraction of sp³-hybridized carbons (Fsp3) is 0.0500. The van der Waals surface area contributed by atoms with Crippen LogP contribution in [0.2, 0.25) is 0 Å². The highest BCUT2D eigenvalue weighted by Gasteiger charge is 2.13. The van der Waals surface area contributed by atoms with Gasteiger partial charge in [0, 0.05) is 5.56 Å². The van der Waals surface area contributed by atoms with E-state index in [1.54, 1.807) is 12.3 Å². The number of hydrogen-bond acceptors (Lipinski definition) is 6. The lowest BCUT2D eigenvalue weighted by Crippen LogP contribution is -1.89. The van der Waals surface area contributed by atoms with Crippen LogP contribution in [0.5, 0.6) is 0 Å². The molecule has 124 valence electrons. The zero-order valence-corrected chi connectivity index (χ0v) is 13.9. The van der Waals surface area contributed by atoms with Crippen LogP contribution < -0.4 is 0 Å². The molecule has 0 radical (unpaired) electrons. The van der Waals surface area contributed by atoms with E-state index in [9.17, 15) is 5.26 Å². The second kappa shape index (κ2) is 6.57. The maximum atomic E-state index is 9.48. The summed E-state index contributed by atoms with van der Waals surface area (Å²) in [6.07, 6.45) is 3.20. The normalized spacial score (nSPS) is 11.5. The van der Waals surface area contributed by atoms with Gasteiger partial charge in [-0.15, -0.1) is 0 Å². The SMILES string of the molecule is Cc1ccc(-c2noc(/C(C#N)=C/c3cnc4ccccc4n3)n2)cc1. The number of para-hydroxylation sites is 2. The van der Waals surface area contributed by atoms with Gasteiger partial charge in [-0.05, 0) is 25.1 Å². The van der Waals surface area contributed by atoms with Crippen molar-refractivity contribution in [2.45, 2.75) is 6.92 Å². The van der Waals surface area contributed by atoms with Crippen molar-refractivity contribution in [2.24, 2.45) is 0 Å². The minimum atomic E-state index is 0.151. The number of nitrogens with zero attached hydrogens (tertiary/aromatic N) is 5. The Labute approximate surface area is 149 Å². The first-order valence-corrected chi connectivity index (χ1v) is 7.97. The first-order chi connectivity index (χ1) is 12.7. The summed E-state index contributed by atoms with van der Waals surface area (Å²) >= 11 is 0. The molecule has 0 saturated heterocycles. The van der Waals surface area contributed by atoms with Crippen molar-refractivity contribution in [3.63, 3.8) is 0 Å². The number of hydrogen-bond donors (Lipinski definition) is 0. The van der Waals surface area contributed by atoms with Gasteiger partial charge in [-0.2, -0.15) is 10.2 Å². The summed E-state index contributed by atoms with van der Waals surface area (Å²) < 4.78 is 5.26. The molecule has 0 spiro atoms. The topological polar surface area (TPSA) is 88.5 Å². The molecule has 2 heterocycles. The molecule has 0 bridgehead atoms. The maximum Gasteiger partial charge on any atom is 0.268 e. The van der Waals surface area contributed by atoms with Gasteiger partial charge in [0.25, 0.3) is 5.89 Å². The molecule has 0 unspecified atom stereocenters. The largest absolute Gasteiger partial charge is 0.333 e. The van der Waals surface area contributed by atoms with Gasteiger partial charge in [0.1, 0.15) is 11.6 Å². The molecule has 0 aliphatic heterocycles. The third-order valence-electron chi connectivity index (χ3n) is 3.85. The fourth-order valence-electron chi connectivity index (χ4n) is 2.48. The van der Waals surface area contributed by atoms with E-state index in [2.05, 4.69) is 26.2 Å². The number of allylic oxidation sites excluding steroid dienone is 1. The first-order valence-electron chi connectivity index (χ1n) is 7.97. The Kier molecular flexibility index (Phi) is 3.96. The summed E-state index contributed by atoms with van der Waals surface area (Å²) in [7, 11) is 0. The van der Waals surface area contributed by atoms with Crippen molar-refractivity contribution >= 4 is 22.7 Å². The van der Waals surface area contributed by atoms with Gasteiger partial charge in [0.15, 0.2) is 0 Å². The van der Waals surface area contributed by atoms with Crippen LogP contribution in [-0.4, -0.2) is 20.1 Å². The van der Waals surface area contributed by atoms with E-state index in [-0.39, 0.29) is 11.5 Å². The Hall–Kier alpha value is -3.85. The molecule has 0 fully saturated rings. The van der Waals surface area contributed by atoms with Gasteiger partial charge in [-0.3, -0.25) is 4.98 Å². The van der Waals surface area contributed by atoms with Crippen LogP contribution in [0, 0.1) is 18.3 Å². The van der Waals surface area contributed by atoms with Crippen LogP contribution in [0.25, 0.3) is 34.1 Å². The van der Waals surface area contributed by atoms with Crippen LogP contribution in [0.4, 0.5) is 0 Å². The molecule has 4 rings (SSSR count). The third kappa shape index (κ3) is 3.06. The molecule has 2 aromatic carbocycles. The quantitative estimate of drug-likeness (QED) is 0.523. The Morgan fingerprint density at radius 2 is 1.81 bits per heavy atom. The lowest BCUT2D eigenvalue weighted by atomic mass is 10.1. The Bertz CT molecular complexity index is 1150. The minimum Gasteiger partial charge on any atom is -0.333 e. The van der Waals surface area contributed by atoms with Crippen molar-refractivity contribution < 1.29 is 4.52 Å². The molecule has 0 aliphatic rings. The van der Waals surface area contributed by atoms with Crippen LogP contribution in [0.15, 0.2) is 59.3 Å². The highest BCUT2D eigenvalue weighted by molar-refractivity contribution is 5.87. The predicted molar refractivity (Wildman–Crippen MR) is 97.5 cm³/mol. The molecular weight excluding hydrogens is 326 g/mol. The number of rotatable bonds is 3. The monoisotopic (exact) mass is 339 g/mol. The minimum absolute atomic E-state index is 0.151. The van der Waals surface area contributed by atoms with Crippen molar-refractivity contribution in [3.8, 4) is 17.5 Å². The molecule has 6 heteroatoms. The summed E-state index contributed by atoms with van der Waals surface area (Å²) in [5.74, 6) is 0.587. The summed E-state index contributed by atoms with van der Waals surface area (Å²) in [6, 6.07) is 17.4. The zero-order valence-electron chi connectivity index (χ0n) is 13.9. The maximum absolute atomic E-state index is 9.48. The van der Waals surface area contributed by atoms with Gasteiger partial charge in [-0.1, -0.05) is 47.1 Å². The number of nitriles is 1. The third-order valence-corrected chi connectivity index (χ3v) is 3.85. The Morgan fingerprint density at radius 1 is 1.04 bits per heavy atom. The van der Waals surface area contributed by atoms with Crippen LogP contribution in [0.3, 0.4) is 0 Å². The highest BCUT2D eigenvalue weighted by atomic mass is 16.5. The lowest BCUT2D eigenvalue weighted by Gasteiger charge is -1.98. The van der Waals surface area contributed by atoms with Crippen LogP contribution in [0.1, 0.15) is 17.1 Å². The first kappa shape index (κ1) is 15.7. The second-order valence-corrected chi connectivity index (χ2v) is 5.74. The predicted octanol–water partition coefficient (Wildman–Crippen LogP) is 4.05. The second-order valence-electron chi connectivity index (χ2n) is 5.74. The van der Waals surface area contributed by atoms with Crippen molar-refractivity contribution in [1.82, 2.24) is 20.1 Å². The van der Waals surface area contributed by atoms with E-state index in [0.29, 0.717) is 11.5 Å². The number of benzene rings is 2. The lowest BCUT2D eigenvalue weighted by molar-refractivity contribution is 0.409. The molecule has 26 heavy (non-hydrogen) atoms. The van der Waals surface area contributed by atoms with Crippen molar-refractivity contribution in [3.05, 3.63) is 71.9 Å². The van der Waals surface area contributed by atoms with E-state index in [4.69, 9.17) is 4.52 Å². The molecule has 0 amide bonds. The van der Waals surface area contributed by atoms with E-state index < -0.39 is 0 Å². The molecular formula is C20H13N5O. The van der Waals surface area contributed by atoms with Crippen LogP contribution in [-0.2, 0) is 0 Å². The average molecular weight is 339 g/mol. The molecule has 6 nitrogen and oxygen atoms in total. The van der Waals surface area contributed by atoms with E-state index >= 15 is 0 Å². The van der Waals surface area contributed by atoms with Gasteiger partial charge in [0.05, 0.1) is 22.9 Å². The van der Waals surface area contributed by atoms with Gasteiger partial charge in [-0.25, -0.2) is 4.98 Å². The van der Waals surface area contributed by atoms with Crippen molar-refractivity contribution in [2.75, 3.05) is 0 Å². The van der Waals surface area contributed by atoms with E-state index in [0.717, 1.165) is 22.2 Å². The zero-order chi connectivity index (χ0) is 17.9. The molecule has 2 aromatic heterocycles. The summed E-state index contributed by atoms with van der Waals surface area (Å²) in [5.41, 5.74) is 4.31. The summed E-state index contributed by atoms with van der Waals surface area (Å²) in [4.78, 5) is 13.1. The standard InChI is InChI=1S/C20H13N5O/c1-13-6-8-14(9-7-13)19-24-20(26-25-19)15(11-21)10-16-12-22-17-4-2-3-5-18(17)23-16/h2-10,12H,1H3/b15-10+. The summed E-state index contributed by atoms with van der Waals surface area (Å²) in [6.45, 7) is 2.01. The Morgan fingerprint density at radius 3 is 2.58 bits per heavy atom. The Balaban J connectivity index is 1.69. The molecule has 0 atom stereocenters. The highest BCUT2D eigenvalue weighted by Crippen LogP contribution is 2.21. The van der Waals surface area contributed by atoms with Crippen LogP contribution >= 0.6 is 0 Å². The number of aromatic nitrogens is 4. The molecule has 0 saturated carbocycles. The molecule has 4 aromatic rings. The number of fused-ring (bicyclic) bond motifs is 1. The van der Waals surface area contributed by atoms with Gasteiger partial charge < -0.3 is 4.52 Å². The summed E-state index contributed by atoms with van der Waals surface area (Å²) in [5, 5.41) is 13.4. The smallest absolute Gasteiger partial charge is 0.268 e. The van der Waals surface area contributed by atoms with E-state index in [1.807, 2.05) is 55.5 Å². The fourth-order valence-corrected chi connectivity index (χ4v) is 2.48. The van der Waals surface area contributed by atoms with Gasteiger partial charge >= 0.3 is 0 Å². The molecule has 0 N–H and O–H groups in total.